The largest absolute Gasteiger partial charge is 0.383 e. The fourth-order valence-corrected chi connectivity index (χ4v) is 2.95. The topological polar surface area (TPSA) is 67.5 Å². The zero-order valence-electron chi connectivity index (χ0n) is 11.4. The summed E-state index contributed by atoms with van der Waals surface area (Å²) in [6.07, 6.45) is 2.74. The number of aromatic nitrogens is 2. The second-order valence-electron chi connectivity index (χ2n) is 5.24. The summed E-state index contributed by atoms with van der Waals surface area (Å²) in [5.74, 6) is 1.57. The second kappa shape index (κ2) is 5.30. The average molecular weight is 263 g/mol. The standard InChI is InChI=1S/C13H21N5O/c1-10-12(14)15-9-16-13(10)18-3-2-11(8-18)17-4-6-19-7-5-17/h9,11H,2-8H2,1H3,(H2,14,15,16). The molecule has 0 amide bonds. The molecule has 0 radical (unpaired) electrons. The molecule has 3 rings (SSSR count). The van der Waals surface area contributed by atoms with Crippen LogP contribution in [0, 0.1) is 6.92 Å². The third-order valence-electron chi connectivity index (χ3n) is 4.12. The normalized spacial score (nSPS) is 24.9. The van der Waals surface area contributed by atoms with Crippen LogP contribution in [0.5, 0.6) is 0 Å². The summed E-state index contributed by atoms with van der Waals surface area (Å²) >= 11 is 0. The quantitative estimate of drug-likeness (QED) is 0.826. The maximum Gasteiger partial charge on any atom is 0.137 e. The van der Waals surface area contributed by atoms with Crippen LogP contribution in [-0.2, 0) is 4.74 Å². The van der Waals surface area contributed by atoms with E-state index in [0.29, 0.717) is 11.9 Å². The molecule has 2 N–H and O–H groups in total. The summed E-state index contributed by atoms with van der Waals surface area (Å²) in [6.45, 7) is 7.86. The smallest absolute Gasteiger partial charge is 0.137 e. The van der Waals surface area contributed by atoms with E-state index in [0.717, 1.165) is 50.8 Å². The molecule has 0 aromatic carbocycles. The molecule has 1 aromatic heterocycles. The lowest BCUT2D eigenvalue weighted by Crippen LogP contribution is -2.44. The molecule has 0 aliphatic carbocycles. The van der Waals surface area contributed by atoms with Gasteiger partial charge in [-0.15, -0.1) is 0 Å². The summed E-state index contributed by atoms with van der Waals surface area (Å²) < 4.78 is 5.41. The number of ether oxygens (including phenoxy) is 1. The Morgan fingerprint density at radius 2 is 2.05 bits per heavy atom. The number of nitrogen functional groups attached to an aromatic ring is 1. The minimum absolute atomic E-state index is 0.583. The molecule has 1 unspecified atom stereocenters. The molecule has 2 saturated heterocycles. The fourth-order valence-electron chi connectivity index (χ4n) is 2.95. The molecular weight excluding hydrogens is 242 g/mol. The van der Waals surface area contributed by atoms with Gasteiger partial charge in [0.05, 0.1) is 13.2 Å². The number of nitrogens with two attached hydrogens (primary N) is 1. The van der Waals surface area contributed by atoms with Crippen LogP contribution in [0.4, 0.5) is 11.6 Å². The average Bonchev–Trinajstić information content (AvgIpc) is 2.92. The van der Waals surface area contributed by atoms with Crippen molar-refractivity contribution >= 4 is 11.6 Å². The zero-order chi connectivity index (χ0) is 13.2. The van der Waals surface area contributed by atoms with Gasteiger partial charge >= 0.3 is 0 Å². The first-order chi connectivity index (χ1) is 9.25. The van der Waals surface area contributed by atoms with Gasteiger partial charge in [0.1, 0.15) is 18.0 Å². The molecule has 1 aromatic rings. The van der Waals surface area contributed by atoms with Crippen LogP contribution in [0.3, 0.4) is 0 Å². The SMILES string of the molecule is Cc1c(N)ncnc1N1CCC(N2CCOCC2)C1. The molecule has 104 valence electrons. The minimum atomic E-state index is 0.583. The van der Waals surface area contributed by atoms with Gasteiger partial charge in [-0.2, -0.15) is 0 Å². The van der Waals surface area contributed by atoms with Gasteiger partial charge in [-0.25, -0.2) is 9.97 Å². The van der Waals surface area contributed by atoms with Gasteiger partial charge in [0.2, 0.25) is 0 Å². The van der Waals surface area contributed by atoms with Crippen molar-refractivity contribution in [2.24, 2.45) is 0 Å². The molecule has 0 bridgehead atoms. The molecule has 3 heterocycles. The van der Waals surface area contributed by atoms with Gasteiger partial charge in [0.25, 0.3) is 0 Å². The molecule has 6 heteroatoms. The van der Waals surface area contributed by atoms with Crippen LogP contribution >= 0.6 is 0 Å². The zero-order valence-corrected chi connectivity index (χ0v) is 11.4. The van der Waals surface area contributed by atoms with E-state index in [-0.39, 0.29) is 0 Å². The van der Waals surface area contributed by atoms with Crippen LogP contribution < -0.4 is 10.6 Å². The maximum absolute atomic E-state index is 5.86. The lowest BCUT2D eigenvalue weighted by Gasteiger charge is -2.32. The highest BCUT2D eigenvalue weighted by atomic mass is 16.5. The summed E-state index contributed by atoms with van der Waals surface area (Å²) in [7, 11) is 0. The van der Waals surface area contributed by atoms with Gasteiger partial charge < -0.3 is 15.4 Å². The Balaban J connectivity index is 1.69. The van der Waals surface area contributed by atoms with Crippen LogP contribution in [0.15, 0.2) is 6.33 Å². The molecule has 6 nitrogen and oxygen atoms in total. The predicted octanol–water partition coefficient (Wildman–Crippen LogP) is 0.278. The predicted molar refractivity (Wildman–Crippen MR) is 74.2 cm³/mol. The van der Waals surface area contributed by atoms with Gasteiger partial charge in [-0.1, -0.05) is 0 Å². The van der Waals surface area contributed by atoms with E-state index >= 15 is 0 Å². The van der Waals surface area contributed by atoms with Crippen molar-refractivity contribution in [2.45, 2.75) is 19.4 Å². The number of rotatable bonds is 2. The van der Waals surface area contributed by atoms with Gasteiger partial charge in [0.15, 0.2) is 0 Å². The summed E-state index contributed by atoms with van der Waals surface area (Å²) in [5.41, 5.74) is 6.85. The third kappa shape index (κ3) is 2.50. The van der Waals surface area contributed by atoms with Crippen molar-refractivity contribution in [1.82, 2.24) is 14.9 Å². The first-order valence-electron chi connectivity index (χ1n) is 6.89. The van der Waals surface area contributed by atoms with E-state index in [1.54, 1.807) is 6.33 Å². The van der Waals surface area contributed by atoms with E-state index in [1.807, 2.05) is 6.92 Å². The van der Waals surface area contributed by atoms with Crippen molar-refractivity contribution in [3.8, 4) is 0 Å². The maximum atomic E-state index is 5.86. The van der Waals surface area contributed by atoms with Crippen molar-refractivity contribution in [3.05, 3.63) is 11.9 Å². The number of hydrogen-bond donors (Lipinski definition) is 1. The van der Waals surface area contributed by atoms with Crippen molar-refractivity contribution in [2.75, 3.05) is 50.0 Å². The Hall–Kier alpha value is -1.40. The van der Waals surface area contributed by atoms with E-state index in [4.69, 9.17) is 10.5 Å². The third-order valence-corrected chi connectivity index (χ3v) is 4.12. The molecule has 2 aliphatic heterocycles. The molecule has 2 aliphatic rings. The first kappa shape index (κ1) is 12.6. The van der Waals surface area contributed by atoms with Crippen molar-refractivity contribution < 1.29 is 4.74 Å². The van der Waals surface area contributed by atoms with Crippen molar-refractivity contribution in [3.63, 3.8) is 0 Å². The van der Waals surface area contributed by atoms with E-state index < -0.39 is 0 Å². The lowest BCUT2D eigenvalue weighted by atomic mass is 10.2. The van der Waals surface area contributed by atoms with Crippen molar-refractivity contribution in [1.29, 1.82) is 0 Å². The molecule has 2 fully saturated rings. The first-order valence-corrected chi connectivity index (χ1v) is 6.89. The molecule has 1 atom stereocenters. The van der Waals surface area contributed by atoms with Crippen LogP contribution in [0.25, 0.3) is 0 Å². The van der Waals surface area contributed by atoms with Crippen LogP contribution in [0.2, 0.25) is 0 Å². The molecule has 0 saturated carbocycles. The summed E-state index contributed by atoms with van der Waals surface area (Å²) in [4.78, 5) is 13.3. The van der Waals surface area contributed by atoms with Gasteiger partial charge in [0, 0.05) is 37.8 Å². The monoisotopic (exact) mass is 263 g/mol. The summed E-state index contributed by atoms with van der Waals surface area (Å²) in [5, 5.41) is 0. The number of nitrogens with zero attached hydrogens (tertiary/aromatic N) is 4. The highest BCUT2D eigenvalue weighted by Crippen LogP contribution is 2.26. The Labute approximate surface area is 113 Å². The Kier molecular flexibility index (Phi) is 3.52. The molecular formula is C13H21N5O. The highest BCUT2D eigenvalue weighted by molar-refractivity contribution is 5.56. The number of morpholine rings is 1. The number of hydrogen-bond acceptors (Lipinski definition) is 6. The Morgan fingerprint density at radius 3 is 2.84 bits per heavy atom. The van der Waals surface area contributed by atoms with Gasteiger partial charge in [-0.3, -0.25) is 4.90 Å². The Bertz CT molecular complexity index is 447. The lowest BCUT2D eigenvalue weighted by molar-refractivity contribution is 0.0209. The van der Waals surface area contributed by atoms with E-state index in [2.05, 4.69) is 19.8 Å². The summed E-state index contributed by atoms with van der Waals surface area (Å²) in [6, 6.07) is 0.611. The highest BCUT2D eigenvalue weighted by Gasteiger charge is 2.30. The minimum Gasteiger partial charge on any atom is -0.383 e. The molecule has 0 spiro atoms. The second-order valence-corrected chi connectivity index (χ2v) is 5.24. The Morgan fingerprint density at radius 1 is 1.26 bits per heavy atom. The van der Waals surface area contributed by atoms with Gasteiger partial charge in [-0.05, 0) is 13.3 Å². The van der Waals surface area contributed by atoms with E-state index in [9.17, 15) is 0 Å². The van der Waals surface area contributed by atoms with Crippen LogP contribution in [-0.4, -0.2) is 60.3 Å². The van der Waals surface area contributed by atoms with E-state index in [1.165, 1.54) is 6.42 Å². The fraction of sp³-hybridized carbons (Fsp3) is 0.692. The number of anilines is 2. The molecule has 19 heavy (non-hydrogen) atoms. The van der Waals surface area contributed by atoms with Crippen LogP contribution in [0.1, 0.15) is 12.0 Å².